The first-order valence-corrected chi connectivity index (χ1v) is 8.18. The van der Waals surface area contributed by atoms with Crippen LogP contribution in [0.25, 0.3) is 0 Å². The first-order chi connectivity index (χ1) is 10.3. The molecular weight excluding hydrogens is 258 g/mol. The zero-order valence-corrected chi connectivity index (χ0v) is 12.9. The molecule has 3 heteroatoms. The van der Waals surface area contributed by atoms with Gasteiger partial charge in [-0.05, 0) is 25.3 Å². The fourth-order valence-electron chi connectivity index (χ4n) is 3.46. The van der Waals surface area contributed by atoms with Crippen LogP contribution in [0.4, 0.5) is 5.82 Å². The van der Waals surface area contributed by atoms with Crippen LogP contribution in [0.1, 0.15) is 62.0 Å². The molecule has 112 valence electrons. The molecule has 1 aromatic heterocycles. The summed E-state index contributed by atoms with van der Waals surface area (Å²) in [5.41, 5.74) is 8.69. The van der Waals surface area contributed by atoms with Gasteiger partial charge in [0.05, 0.1) is 5.69 Å². The number of hydrogen-bond acceptors (Lipinski definition) is 2. The van der Waals surface area contributed by atoms with Crippen molar-refractivity contribution in [3.05, 3.63) is 47.4 Å². The second-order valence-corrected chi connectivity index (χ2v) is 6.04. The minimum Gasteiger partial charge on any atom is -0.384 e. The van der Waals surface area contributed by atoms with E-state index in [0.29, 0.717) is 5.92 Å². The Kier molecular flexibility index (Phi) is 4.28. The molecule has 0 unspecified atom stereocenters. The summed E-state index contributed by atoms with van der Waals surface area (Å²) in [7, 11) is 0. The number of hydrogen-bond donors (Lipinski definition) is 1. The third-order valence-corrected chi connectivity index (χ3v) is 4.61. The molecule has 1 heterocycles. The second-order valence-electron chi connectivity index (χ2n) is 6.04. The van der Waals surface area contributed by atoms with Gasteiger partial charge in [0.15, 0.2) is 0 Å². The van der Waals surface area contributed by atoms with Crippen molar-refractivity contribution in [2.24, 2.45) is 0 Å². The molecule has 0 aliphatic heterocycles. The van der Waals surface area contributed by atoms with E-state index < -0.39 is 0 Å². The summed E-state index contributed by atoms with van der Waals surface area (Å²) in [6.45, 7) is 3.08. The Morgan fingerprint density at radius 1 is 1.14 bits per heavy atom. The molecule has 1 aromatic carbocycles. The van der Waals surface area contributed by atoms with Crippen molar-refractivity contribution in [1.82, 2.24) is 9.55 Å². The highest BCUT2D eigenvalue weighted by molar-refractivity contribution is 5.42. The van der Waals surface area contributed by atoms with Crippen LogP contribution in [0.2, 0.25) is 0 Å². The molecule has 3 nitrogen and oxygen atoms in total. The van der Waals surface area contributed by atoms with Crippen molar-refractivity contribution >= 4 is 5.82 Å². The number of benzene rings is 1. The van der Waals surface area contributed by atoms with Crippen molar-refractivity contribution in [3.63, 3.8) is 0 Å². The van der Waals surface area contributed by atoms with Crippen LogP contribution in [-0.4, -0.2) is 9.55 Å². The first kappa shape index (κ1) is 14.2. The lowest BCUT2D eigenvalue weighted by atomic mass is 9.88. The Hall–Kier alpha value is -1.77. The third-order valence-electron chi connectivity index (χ3n) is 4.61. The van der Waals surface area contributed by atoms with E-state index >= 15 is 0 Å². The van der Waals surface area contributed by atoms with E-state index in [4.69, 9.17) is 10.7 Å². The molecule has 2 aromatic rings. The van der Waals surface area contributed by atoms with E-state index in [1.165, 1.54) is 43.5 Å². The lowest BCUT2D eigenvalue weighted by Gasteiger charge is -2.21. The minimum absolute atomic E-state index is 0.602. The van der Waals surface area contributed by atoms with E-state index in [1.54, 1.807) is 0 Å². The predicted octanol–water partition coefficient (Wildman–Crippen LogP) is 4.12. The maximum absolute atomic E-state index is 6.37. The monoisotopic (exact) mass is 283 g/mol. The molecule has 0 atom stereocenters. The van der Waals surface area contributed by atoms with E-state index in [9.17, 15) is 0 Å². The minimum atomic E-state index is 0.602. The SMILES string of the molecule is CCn1c(C2CCCCC2)nc(Cc2ccccc2)c1N. The van der Waals surface area contributed by atoms with E-state index in [1.807, 2.05) is 6.07 Å². The molecule has 1 aliphatic rings. The van der Waals surface area contributed by atoms with Crippen LogP contribution >= 0.6 is 0 Å². The molecule has 0 spiro atoms. The normalized spacial score (nSPS) is 16.2. The standard InChI is InChI=1S/C18H25N3/c1-2-21-17(19)16(13-14-9-5-3-6-10-14)20-18(21)15-11-7-4-8-12-15/h3,5-6,9-10,15H,2,4,7-8,11-13,19H2,1H3. The molecule has 1 fully saturated rings. The quantitative estimate of drug-likeness (QED) is 0.917. The highest BCUT2D eigenvalue weighted by Crippen LogP contribution is 2.34. The van der Waals surface area contributed by atoms with Gasteiger partial charge in [-0.2, -0.15) is 0 Å². The largest absolute Gasteiger partial charge is 0.384 e. The Morgan fingerprint density at radius 2 is 1.86 bits per heavy atom. The van der Waals surface area contributed by atoms with Gasteiger partial charge < -0.3 is 10.3 Å². The lowest BCUT2D eigenvalue weighted by Crippen LogP contribution is -2.12. The highest BCUT2D eigenvalue weighted by Gasteiger charge is 2.23. The number of nitrogens with zero attached hydrogens (tertiary/aromatic N) is 2. The molecule has 0 bridgehead atoms. The first-order valence-electron chi connectivity index (χ1n) is 8.18. The van der Waals surface area contributed by atoms with Crippen LogP contribution < -0.4 is 5.73 Å². The van der Waals surface area contributed by atoms with Gasteiger partial charge in [0.1, 0.15) is 11.6 Å². The smallest absolute Gasteiger partial charge is 0.127 e. The van der Waals surface area contributed by atoms with Crippen molar-refractivity contribution < 1.29 is 0 Å². The summed E-state index contributed by atoms with van der Waals surface area (Å²) in [4.78, 5) is 4.94. The number of imidazole rings is 1. The van der Waals surface area contributed by atoms with Crippen LogP contribution in [0, 0.1) is 0 Å². The zero-order chi connectivity index (χ0) is 14.7. The summed E-state index contributed by atoms with van der Waals surface area (Å²) < 4.78 is 2.23. The van der Waals surface area contributed by atoms with Gasteiger partial charge in [0, 0.05) is 18.9 Å². The zero-order valence-electron chi connectivity index (χ0n) is 12.9. The highest BCUT2D eigenvalue weighted by atomic mass is 15.1. The summed E-state index contributed by atoms with van der Waals surface area (Å²) >= 11 is 0. The van der Waals surface area contributed by atoms with Crippen molar-refractivity contribution in [1.29, 1.82) is 0 Å². The van der Waals surface area contributed by atoms with Crippen LogP contribution in [0.15, 0.2) is 30.3 Å². The molecule has 1 saturated carbocycles. The summed E-state index contributed by atoms with van der Waals surface area (Å²) in [5, 5.41) is 0. The fraction of sp³-hybridized carbons (Fsp3) is 0.500. The van der Waals surface area contributed by atoms with Crippen LogP contribution in [0.5, 0.6) is 0 Å². The third kappa shape index (κ3) is 2.97. The van der Waals surface area contributed by atoms with Gasteiger partial charge in [0.25, 0.3) is 0 Å². The van der Waals surface area contributed by atoms with E-state index in [2.05, 4.69) is 35.8 Å². The Labute approximate surface area is 127 Å². The predicted molar refractivity (Wildman–Crippen MR) is 87.4 cm³/mol. The molecule has 1 aliphatic carbocycles. The number of nitrogens with two attached hydrogens (primary N) is 1. The van der Waals surface area contributed by atoms with Crippen molar-refractivity contribution in [2.45, 2.75) is 57.9 Å². The van der Waals surface area contributed by atoms with Gasteiger partial charge in [-0.25, -0.2) is 4.98 Å². The van der Waals surface area contributed by atoms with Gasteiger partial charge >= 0.3 is 0 Å². The average Bonchev–Trinajstić information content (AvgIpc) is 2.85. The summed E-state index contributed by atoms with van der Waals surface area (Å²) in [6.07, 6.45) is 7.39. The molecule has 0 saturated heterocycles. The molecule has 0 radical (unpaired) electrons. The van der Waals surface area contributed by atoms with Gasteiger partial charge in [-0.1, -0.05) is 49.6 Å². The Bertz CT molecular complexity index is 580. The second kappa shape index (κ2) is 6.33. The van der Waals surface area contributed by atoms with Crippen molar-refractivity contribution in [3.8, 4) is 0 Å². The maximum Gasteiger partial charge on any atom is 0.127 e. The molecule has 3 rings (SSSR count). The molecule has 0 amide bonds. The van der Waals surface area contributed by atoms with Crippen LogP contribution in [0.3, 0.4) is 0 Å². The molecule has 2 N–H and O–H groups in total. The van der Waals surface area contributed by atoms with Crippen LogP contribution in [-0.2, 0) is 13.0 Å². The topological polar surface area (TPSA) is 43.8 Å². The lowest BCUT2D eigenvalue weighted by molar-refractivity contribution is 0.417. The number of aromatic nitrogens is 2. The average molecular weight is 283 g/mol. The Balaban J connectivity index is 1.89. The van der Waals surface area contributed by atoms with Gasteiger partial charge in [-0.15, -0.1) is 0 Å². The molecular formula is C18H25N3. The summed E-state index contributed by atoms with van der Waals surface area (Å²) in [5.74, 6) is 2.69. The van der Waals surface area contributed by atoms with Gasteiger partial charge in [0.2, 0.25) is 0 Å². The number of rotatable bonds is 4. The fourth-order valence-corrected chi connectivity index (χ4v) is 3.46. The molecule has 21 heavy (non-hydrogen) atoms. The van der Waals surface area contributed by atoms with Gasteiger partial charge in [-0.3, -0.25) is 0 Å². The maximum atomic E-state index is 6.37. The summed E-state index contributed by atoms with van der Waals surface area (Å²) in [6, 6.07) is 10.5. The van der Waals surface area contributed by atoms with E-state index in [0.717, 1.165) is 24.5 Å². The van der Waals surface area contributed by atoms with Crippen molar-refractivity contribution in [2.75, 3.05) is 5.73 Å². The number of nitrogen functional groups attached to an aromatic ring is 1. The number of anilines is 1. The van der Waals surface area contributed by atoms with E-state index in [-0.39, 0.29) is 0 Å². The Morgan fingerprint density at radius 3 is 2.52 bits per heavy atom.